The molecule has 1 rings (SSSR count). The first-order valence-corrected chi connectivity index (χ1v) is 9.63. The molecule has 0 heterocycles. The highest BCUT2D eigenvalue weighted by Crippen LogP contribution is 2.31. The van der Waals surface area contributed by atoms with Crippen molar-refractivity contribution in [3.05, 3.63) is 23.8 Å². The molecule has 2 N–H and O–H groups in total. The van der Waals surface area contributed by atoms with Crippen molar-refractivity contribution in [1.82, 2.24) is 5.32 Å². The summed E-state index contributed by atoms with van der Waals surface area (Å²) in [5.41, 5.74) is 0.502. The summed E-state index contributed by atoms with van der Waals surface area (Å²) in [7, 11) is -0.218. The molecule has 0 spiro atoms. The SMILES string of the molecule is COc1ccc(C(CC(=O)O)NC(=O)CCCS(C)(=O)=O)c(OC)c1. The summed E-state index contributed by atoms with van der Waals surface area (Å²) in [6.07, 6.45) is 0.923. The Balaban J connectivity index is 2.90. The summed E-state index contributed by atoms with van der Waals surface area (Å²) in [5.74, 6) is -0.682. The maximum atomic E-state index is 12.1. The number of sulfone groups is 1. The predicted octanol–water partition coefficient (Wildman–Crippen LogP) is 1.16. The van der Waals surface area contributed by atoms with Crippen LogP contribution in [-0.4, -0.2) is 51.6 Å². The van der Waals surface area contributed by atoms with Crippen molar-refractivity contribution in [3.8, 4) is 11.5 Å². The summed E-state index contributed by atoms with van der Waals surface area (Å²) >= 11 is 0. The molecule has 0 aliphatic carbocycles. The zero-order valence-corrected chi connectivity index (χ0v) is 15.3. The highest BCUT2D eigenvalue weighted by molar-refractivity contribution is 7.90. The van der Waals surface area contributed by atoms with E-state index in [1.54, 1.807) is 18.2 Å². The smallest absolute Gasteiger partial charge is 0.305 e. The van der Waals surface area contributed by atoms with Gasteiger partial charge in [0.15, 0.2) is 0 Å². The Labute approximate surface area is 147 Å². The van der Waals surface area contributed by atoms with Gasteiger partial charge in [0, 0.05) is 24.3 Å². The number of carbonyl (C=O) groups excluding carboxylic acids is 1. The molecule has 8 nitrogen and oxygen atoms in total. The van der Waals surface area contributed by atoms with Crippen molar-refractivity contribution in [2.45, 2.75) is 25.3 Å². The minimum absolute atomic E-state index is 0.0122. The monoisotopic (exact) mass is 373 g/mol. The molecule has 0 bridgehead atoms. The molecular weight excluding hydrogens is 350 g/mol. The van der Waals surface area contributed by atoms with Gasteiger partial charge in [-0.1, -0.05) is 0 Å². The van der Waals surface area contributed by atoms with Gasteiger partial charge in [0.25, 0.3) is 0 Å². The van der Waals surface area contributed by atoms with Crippen LogP contribution < -0.4 is 14.8 Å². The number of rotatable bonds is 10. The Morgan fingerprint density at radius 3 is 2.44 bits per heavy atom. The lowest BCUT2D eigenvalue weighted by Crippen LogP contribution is -2.30. The van der Waals surface area contributed by atoms with Gasteiger partial charge in [-0.25, -0.2) is 8.42 Å². The van der Waals surface area contributed by atoms with Crippen molar-refractivity contribution in [2.75, 3.05) is 26.2 Å². The van der Waals surface area contributed by atoms with Crippen LogP contribution in [0.25, 0.3) is 0 Å². The van der Waals surface area contributed by atoms with E-state index in [9.17, 15) is 18.0 Å². The van der Waals surface area contributed by atoms with E-state index in [-0.39, 0.29) is 25.0 Å². The average molecular weight is 373 g/mol. The van der Waals surface area contributed by atoms with Crippen LogP contribution in [0.4, 0.5) is 0 Å². The minimum Gasteiger partial charge on any atom is -0.497 e. The molecule has 0 radical (unpaired) electrons. The van der Waals surface area contributed by atoms with Crippen molar-refractivity contribution >= 4 is 21.7 Å². The predicted molar refractivity (Wildman–Crippen MR) is 91.6 cm³/mol. The topological polar surface area (TPSA) is 119 Å². The van der Waals surface area contributed by atoms with Gasteiger partial charge in [0.05, 0.1) is 32.4 Å². The number of methoxy groups -OCH3 is 2. The van der Waals surface area contributed by atoms with Crippen molar-refractivity contribution in [2.24, 2.45) is 0 Å². The highest BCUT2D eigenvalue weighted by atomic mass is 32.2. The minimum atomic E-state index is -3.15. The van der Waals surface area contributed by atoms with Gasteiger partial charge in [0.1, 0.15) is 21.3 Å². The molecular formula is C16H23NO7S. The normalized spacial score (nSPS) is 12.3. The molecule has 140 valence electrons. The lowest BCUT2D eigenvalue weighted by atomic mass is 10.0. The number of carboxylic acids is 1. The van der Waals surface area contributed by atoms with E-state index < -0.39 is 27.8 Å². The Kier molecular flexibility index (Phi) is 7.69. The number of carboxylic acid groups (broad SMARTS) is 1. The molecule has 25 heavy (non-hydrogen) atoms. The zero-order valence-electron chi connectivity index (χ0n) is 14.4. The molecule has 0 saturated heterocycles. The molecule has 1 amide bonds. The lowest BCUT2D eigenvalue weighted by molar-refractivity contribution is -0.137. The summed E-state index contributed by atoms with van der Waals surface area (Å²) in [6.45, 7) is 0. The Morgan fingerprint density at radius 1 is 1.24 bits per heavy atom. The Morgan fingerprint density at radius 2 is 1.92 bits per heavy atom. The summed E-state index contributed by atoms with van der Waals surface area (Å²) < 4.78 is 32.6. The summed E-state index contributed by atoms with van der Waals surface area (Å²) in [5, 5.41) is 11.7. The molecule has 0 aliphatic rings. The number of nitrogens with one attached hydrogen (secondary N) is 1. The van der Waals surface area contributed by atoms with Crippen LogP contribution in [0.1, 0.15) is 30.9 Å². The van der Waals surface area contributed by atoms with Crippen LogP contribution >= 0.6 is 0 Å². The maximum Gasteiger partial charge on any atom is 0.305 e. The number of aliphatic carboxylic acids is 1. The largest absolute Gasteiger partial charge is 0.497 e. The first-order valence-electron chi connectivity index (χ1n) is 7.57. The highest BCUT2D eigenvalue weighted by Gasteiger charge is 2.22. The number of carbonyl (C=O) groups is 2. The lowest BCUT2D eigenvalue weighted by Gasteiger charge is -2.20. The summed E-state index contributed by atoms with van der Waals surface area (Å²) in [6, 6.07) is 4.06. The van der Waals surface area contributed by atoms with E-state index in [0.29, 0.717) is 17.1 Å². The van der Waals surface area contributed by atoms with E-state index in [1.807, 2.05) is 0 Å². The van der Waals surface area contributed by atoms with Crippen LogP contribution in [0.2, 0.25) is 0 Å². The molecule has 0 saturated carbocycles. The second-order valence-corrected chi connectivity index (χ2v) is 7.82. The van der Waals surface area contributed by atoms with Gasteiger partial charge < -0.3 is 19.9 Å². The van der Waals surface area contributed by atoms with E-state index in [4.69, 9.17) is 14.6 Å². The van der Waals surface area contributed by atoms with Gasteiger partial charge in [-0.2, -0.15) is 0 Å². The van der Waals surface area contributed by atoms with E-state index in [0.717, 1.165) is 6.26 Å². The van der Waals surface area contributed by atoms with E-state index in [1.165, 1.54) is 14.2 Å². The maximum absolute atomic E-state index is 12.1. The van der Waals surface area contributed by atoms with Crippen LogP contribution in [0.3, 0.4) is 0 Å². The molecule has 0 fully saturated rings. The van der Waals surface area contributed by atoms with Crippen molar-refractivity contribution < 1.29 is 32.6 Å². The van der Waals surface area contributed by atoms with Crippen molar-refractivity contribution in [3.63, 3.8) is 0 Å². The van der Waals surface area contributed by atoms with Crippen LogP contribution in [0, 0.1) is 0 Å². The van der Waals surface area contributed by atoms with Gasteiger partial charge in [0.2, 0.25) is 5.91 Å². The Hall–Kier alpha value is -2.29. The Bertz CT molecular complexity index is 715. The van der Waals surface area contributed by atoms with Gasteiger partial charge in [-0.15, -0.1) is 0 Å². The molecule has 1 atom stereocenters. The fourth-order valence-electron chi connectivity index (χ4n) is 2.28. The van der Waals surface area contributed by atoms with Gasteiger partial charge in [-0.3, -0.25) is 9.59 Å². The van der Waals surface area contributed by atoms with E-state index >= 15 is 0 Å². The van der Waals surface area contributed by atoms with Gasteiger partial charge in [-0.05, 0) is 18.6 Å². The van der Waals surface area contributed by atoms with Crippen LogP contribution in [0.5, 0.6) is 11.5 Å². The number of benzene rings is 1. The molecule has 1 unspecified atom stereocenters. The second-order valence-electron chi connectivity index (χ2n) is 5.56. The fraction of sp³-hybridized carbons (Fsp3) is 0.500. The molecule has 0 aliphatic heterocycles. The number of amides is 1. The standard InChI is InChI=1S/C16H23NO7S/c1-23-11-6-7-12(14(9-11)24-2)13(10-16(19)20)17-15(18)5-4-8-25(3,21)22/h6-7,9,13H,4-5,8,10H2,1-3H3,(H,17,18)(H,19,20). The average Bonchev–Trinajstić information content (AvgIpc) is 2.51. The number of hydrogen-bond donors (Lipinski definition) is 2. The molecule has 1 aromatic rings. The molecule has 1 aromatic carbocycles. The van der Waals surface area contributed by atoms with Crippen LogP contribution in [-0.2, 0) is 19.4 Å². The second kappa shape index (κ2) is 9.26. The third-order valence-corrected chi connectivity index (χ3v) is 4.48. The first kappa shape index (κ1) is 20.8. The zero-order chi connectivity index (χ0) is 19.0. The third kappa shape index (κ3) is 7.42. The molecule has 9 heteroatoms. The summed E-state index contributed by atoms with van der Waals surface area (Å²) in [4.78, 5) is 23.2. The van der Waals surface area contributed by atoms with Crippen LogP contribution in [0.15, 0.2) is 18.2 Å². The fourth-order valence-corrected chi connectivity index (χ4v) is 2.95. The van der Waals surface area contributed by atoms with Gasteiger partial charge >= 0.3 is 5.97 Å². The quantitative estimate of drug-likeness (QED) is 0.631. The number of hydrogen-bond acceptors (Lipinski definition) is 6. The molecule has 0 aromatic heterocycles. The third-order valence-electron chi connectivity index (χ3n) is 3.45. The number of ether oxygens (including phenoxy) is 2. The van der Waals surface area contributed by atoms with E-state index in [2.05, 4.69) is 5.32 Å². The first-order chi connectivity index (χ1) is 11.7. The van der Waals surface area contributed by atoms with Crippen molar-refractivity contribution in [1.29, 1.82) is 0 Å².